The van der Waals surface area contributed by atoms with E-state index in [9.17, 15) is 13.2 Å². The lowest BCUT2D eigenvalue weighted by molar-refractivity contribution is -0.132. The number of benzene rings is 2. The monoisotopic (exact) mass is 557 g/mol. The summed E-state index contributed by atoms with van der Waals surface area (Å²) in [6.07, 6.45) is 9.11. The number of sulfonamides is 1. The summed E-state index contributed by atoms with van der Waals surface area (Å²) in [6.45, 7) is 2.47. The number of aromatic nitrogens is 2. The minimum Gasteiger partial charge on any atom is -0.352 e. The van der Waals surface area contributed by atoms with Gasteiger partial charge in [-0.15, -0.1) is 0 Å². The highest BCUT2D eigenvalue weighted by molar-refractivity contribution is 7.89. The Bertz CT molecular complexity index is 1440. The maximum absolute atomic E-state index is 12.9. The van der Waals surface area contributed by atoms with Crippen molar-refractivity contribution in [2.45, 2.75) is 82.2 Å². The molecule has 38 heavy (non-hydrogen) atoms. The number of nitrogens with zero attached hydrogens (tertiary/aromatic N) is 2. The largest absolute Gasteiger partial charge is 0.352 e. The zero-order valence-electron chi connectivity index (χ0n) is 22.0. The molecule has 2 aliphatic rings. The van der Waals surface area contributed by atoms with E-state index in [1.54, 1.807) is 24.3 Å². The molecule has 1 heterocycles. The fourth-order valence-corrected chi connectivity index (χ4v) is 7.13. The van der Waals surface area contributed by atoms with Crippen LogP contribution >= 0.6 is 11.6 Å². The average molecular weight is 558 g/mol. The molecule has 0 atom stereocenters. The molecule has 8 nitrogen and oxygen atoms in total. The van der Waals surface area contributed by atoms with Crippen molar-refractivity contribution in [3.63, 3.8) is 0 Å². The lowest BCUT2D eigenvalue weighted by Gasteiger charge is -2.32. The fourth-order valence-electron chi connectivity index (χ4n) is 5.64. The van der Waals surface area contributed by atoms with Gasteiger partial charge in [-0.05, 0) is 61.6 Å². The second kappa shape index (κ2) is 10.9. The first-order valence-corrected chi connectivity index (χ1v) is 15.3. The van der Waals surface area contributed by atoms with Gasteiger partial charge in [0.25, 0.3) is 0 Å². The van der Waals surface area contributed by atoms with Crippen molar-refractivity contribution in [3.05, 3.63) is 47.0 Å². The van der Waals surface area contributed by atoms with Crippen molar-refractivity contribution >= 4 is 50.2 Å². The number of nitrogens with one attached hydrogen (secondary N) is 3. The summed E-state index contributed by atoms with van der Waals surface area (Å²) >= 11 is 6.50. The number of halogens is 1. The number of fused-ring (bicyclic) bond motifs is 1. The van der Waals surface area contributed by atoms with Crippen LogP contribution in [0.25, 0.3) is 11.0 Å². The first-order valence-electron chi connectivity index (χ1n) is 13.5. The van der Waals surface area contributed by atoms with Crippen LogP contribution in [0.15, 0.2) is 41.3 Å². The highest BCUT2D eigenvalue weighted by Gasteiger charge is 2.34. The number of rotatable bonds is 8. The van der Waals surface area contributed by atoms with Crippen LogP contribution in [-0.4, -0.2) is 29.9 Å². The molecule has 204 valence electrons. The van der Waals surface area contributed by atoms with Gasteiger partial charge in [-0.2, -0.15) is 0 Å². The number of hydrogen-bond donors (Lipinski definition) is 3. The Morgan fingerprint density at radius 3 is 2.55 bits per heavy atom. The van der Waals surface area contributed by atoms with Gasteiger partial charge in [0.2, 0.25) is 21.9 Å². The summed E-state index contributed by atoms with van der Waals surface area (Å²) in [5.41, 5.74) is 2.67. The fraction of sp³-hybridized carbons (Fsp3) is 0.500. The summed E-state index contributed by atoms with van der Waals surface area (Å²) < 4.78 is 30.5. The van der Waals surface area contributed by atoms with Gasteiger partial charge in [0.05, 0.1) is 26.6 Å². The van der Waals surface area contributed by atoms with Crippen molar-refractivity contribution in [2.75, 3.05) is 5.32 Å². The van der Waals surface area contributed by atoms with E-state index in [-0.39, 0.29) is 22.3 Å². The Hall–Kier alpha value is -2.62. The highest BCUT2D eigenvalue weighted by Crippen LogP contribution is 2.36. The zero-order chi connectivity index (χ0) is 26.9. The van der Waals surface area contributed by atoms with Gasteiger partial charge in [0, 0.05) is 25.0 Å². The number of imidazole rings is 1. The van der Waals surface area contributed by atoms with Crippen LogP contribution in [0.5, 0.6) is 0 Å². The number of anilines is 2. The maximum atomic E-state index is 12.9. The topological polar surface area (TPSA) is 105 Å². The lowest BCUT2D eigenvalue weighted by atomic mass is 9.75. The van der Waals surface area contributed by atoms with Crippen LogP contribution in [0.4, 0.5) is 11.6 Å². The maximum Gasteiger partial charge on any atom is 0.240 e. The minimum atomic E-state index is -3.61. The minimum absolute atomic E-state index is 0.00128. The van der Waals surface area contributed by atoms with Crippen molar-refractivity contribution in [1.82, 2.24) is 19.6 Å². The SMILES string of the molecule is Cn1c(Nc2cc(CNC(=O)C3(C)CCCCC3)ccc2Cl)nc2cc(S(=O)(=O)NC3CCCC3)ccc21. The smallest absolute Gasteiger partial charge is 0.240 e. The lowest BCUT2D eigenvalue weighted by Crippen LogP contribution is -2.39. The third-order valence-electron chi connectivity index (χ3n) is 8.08. The van der Waals surface area contributed by atoms with Gasteiger partial charge in [-0.25, -0.2) is 18.1 Å². The summed E-state index contributed by atoms with van der Waals surface area (Å²) in [6, 6.07) is 10.6. The van der Waals surface area contributed by atoms with Crippen LogP contribution in [0.1, 0.15) is 70.3 Å². The molecule has 5 rings (SSSR count). The predicted molar refractivity (Wildman–Crippen MR) is 151 cm³/mol. The number of aryl methyl sites for hydroxylation is 1. The molecule has 0 radical (unpaired) electrons. The third kappa shape index (κ3) is 5.70. The molecule has 0 spiro atoms. The molecule has 2 saturated carbocycles. The molecule has 2 aliphatic carbocycles. The van der Waals surface area contributed by atoms with Crippen molar-refractivity contribution in [3.8, 4) is 0 Å². The molecular weight excluding hydrogens is 522 g/mol. The molecule has 2 aromatic carbocycles. The second-order valence-corrected chi connectivity index (χ2v) is 13.1. The van der Waals surface area contributed by atoms with E-state index in [4.69, 9.17) is 11.6 Å². The Labute approximate surface area is 229 Å². The van der Waals surface area contributed by atoms with Gasteiger partial charge in [-0.1, -0.05) is 56.7 Å². The van der Waals surface area contributed by atoms with E-state index in [0.29, 0.717) is 28.7 Å². The van der Waals surface area contributed by atoms with Crippen LogP contribution in [0.3, 0.4) is 0 Å². The first kappa shape index (κ1) is 27.0. The predicted octanol–water partition coefficient (Wildman–Crippen LogP) is 5.78. The molecule has 1 amide bonds. The van der Waals surface area contributed by atoms with E-state index < -0.39 is 10.0 Å². The molecule has 0 aliphatic heterocycles. The molecule has 1 aromatic heterocycles. The summed E-state index contributed by atoms with van der Waals surface area (Å²) in [4.78, 5) is 17.7. The third-order valence-corrected chi connectivity index (χ3v) is 9.92. The van der Waals surface area contributed by atoms with E-state index in [0.717, 1.165) is 62.4 Å². The van der Waals surface area contributed by atoms with E-state index >= 15 is 0 Å². The van der Waals surface area contributed by atoms with E-state index in [2.05, 4.69) is 27.3 Å². The highest BCUT2D eigenvalue weighted by atomic mass is 35.5. The van der Waals surface area contributed by atoms with Gasteiger partial charge >= 0.3 is 0 Å². The second-order valence-electron chi connectivity index (χ2n) is 11.0. The Balaban J connectivity index is 1.32. The molecule has 2 fully saturated rings. The van der Waals surface area contributed by atoms with Gasteiger partial charge in [-0.3, -0.25) is 4.79 Å². The number of carbonyl (C=O) groups excluding carboxylic acids is 1. The van der Waals surface area contributed by atoms with Crippen molar-refractivity contribution < 1.29 is 13.2 Å². The molecule has 10 heteroatoms. The molecule has 3 N–H and O–H groups in total. The van der Waals surface area contributed by atoms with E-state index in [1.807, 2.05) is 23.7 Å². The molecular formula is C28H36ClN5O3S. The zero-order valence-corrected chi connectivity index (χ0v) is 23.6. The first-order chi connectivity index (χ1) is 18.1. The molecule has 3 aromatic rings. The van der Waals surface area contributed by atoms with Gasteiger partial charge in [0.15, 0.2) is 0 Å². The van der Waals surface area contributed by atoms with Crippen LogP contribution in [0.2, 0.25) is 5.02 Å². The van der Waals surface area contributed by atoms with Crippen LogP contribution in [-0.2, 0) is 28.4 Å². The van der Waals surface area contributed by atoms with Crippen LogP contribution < -0.4 is 15.4 Å². The van der Waals surface area contributed by atoms with Crippen molar-refractivity contribution in [2.24, 2.45) is 12.5 Å². The normalized spacial score (nSPS) is 18.1. The summed E-state index contributed by atoms with van der Waals surface area (Å²) in [7, 11) is -1.74. The van der Waals surface area contributed by atoms with Crippen LogP contribution in [0, 0.1) is 5.41 Å². The van der Waals surface area contributed by atoms with Gasteiger partial charge in [0.1, 0.15) is 0 Å². The Morgan fingerprint density at radius 1 is 1.08 bits per heavy atom. The Kier molecular flexibility index (Phi) is 7.71. The average Bonchev–Trinajstić information content (AvgIpc) is 3.51. The Morgan fingerprint density at radius 2 is 1.82 bits per heavy atom. The standard InChI is InChI=1S/C28H36ClN5O3S/c1-28(14-6-3-7-15-28)26(35)30-18-19-10-12-22(29)23(16-19)31-27-32-24-17-21(11-13-25(24)34(27)2)38(36,37)33-20-8-4-5-9-20/h10-13,16-17,20,33H,3-9,14-15,18H2,1-2H3,(H,30,35)(H,31,32). The molecule has 0 saturated heterocycles. The summed E-state index contributed by atoms with van der Waals surface area (Å²) in [5.74, 6) is 0.640. The van der Waals surface area contributed by atoms with Crippen molar-refractivity contribution in [1.29, 1.82) is 0 Å². The number of carbonyl (C=O) groups is 1. The summed E-state index contributed by atoms with van der Waals surface area (Å²) in [5, 5.41) is 6.92. The van der Waals surface area contributed by atoms with Gasteiger partial charge < -0.3 is 15.2 Å². The molecule has 0 unspecified atom stereocenters. The number of amides is 1. The molecule has 0 bridgehead atoms. The quantitative estimate of drug-likeness (QED) is 0.326. The number of hydrogen-bond acceptors (Lipinski definition) is 5. The van der Waals surface area contributed by atoms with E-state index in [1.165, 1.54) is 6.42 Å².